The lowest BCUT2D eigenvalue weighted by molar-refractivity contribution is -0.122. The summed E-state index contributed by atoms with van der Waals surface area (Å²) in [5.41, 5.74) is 2.38. The number of ether oxygens (including phenoxy) is 1. The molecule has 1 aliphatic heterocycles. The van der Waals surface area contributed by atoms with Crippen molar-refractivity contribution >= 4 is 11.9 Å². The van der Waals surface area contributed by atoms with Gasteiger partial charge in [-0.05, 0) is 42.5 Å². The highest BCUT2D eigenvalue weighted by Crippen LogP contribution is 2.33. The van der Waals surface area contributed by atoms with Gasteiger partial charge in [0.1, 0.15) is 0 Å². The van der Waals surface area contributed by atoms with Crippen molar-refractivity contribution in [3.05, 3.63) is 71.3 Å². The third kappa shape index (κ3) is 4.70. The van der Waals surface area contributed by atoms with Crippen LogP contribution in [0.15, 0.2) is 54.6 Å². The molecule has 0 saturated carbocycles. The first-order valence-electron chi connectivity index (χ1n) is 8.81. The molecule has 0 aliphatic carbocycles. The van der Waals surface area contributed by atoms with Crippen LogP contribution in [0.1, 0.15) is 47.4 Å². The number of nitrogens with one attached hydrogen (secondary N) is 1. The maximum Gasteiger partial charge on any atom is 0.335 e. The Morgan fingerprint density at radius 2 is 1.77 bits per heavy atom. The summed E-state index contributed by atoms with van der Waals surface area (Å²) < 4.78 is 6.29. The summed E-state index contributed by atoms with van der Waals surface area (Å²) in [6, 6.07) is 17.0. The molecule has 0 bridgehead atoms. The van der Waals surface area contributed by atoms with Crippen LogP contribution in [-0.2, 0) is 16.0 Å². The van der Waals surface area contributed by atoms with Crippen LogP contribution >= 0.6 is 0 Å². The summed E-state index contributed by atoms with van der Waals surface area (Å²) in [6.45, 7) is 1.53. The normalized spacial score (nSPS) is 22.6. The molecule has 2 aromatic rings. The lowest BCUT2D eigenvalue weighted by Crippen LogP contribution is -2.42. The van der Waals surface area contributed by atoms with Crippen molar-refractivity contribution in [3.8, 4) is 0 Å². The molecule has 26 heavy (non-hydrogen) atoms. The van der Waals surface area contributed by atoms with Crippen LogP contribution < -0.4 is 5.32 Å². The van der Waals surface area contributed by atoms with Crippen molar-refractivity contribution < 1.29 is 19.4 Å². The van der Waals surface area contributed by atoms with Gasteiger partial charge in [-0.2, -0.15) is 0 Å². The van der Waals surface area contributed by atoms with E-state index < -0.39 is 5.97 Å². The Hall–Kier alpha value is -2.66. The zero-order valence-electron chi connectivity index (χ0n) is 14.7. The third-order valence-corrected chi connectivity index (χ3v) is 4.65. The van der Waals surface area contributed by atoms with Gasteiger partial charge in [-0.1, -0.05) is 42.5 Å². The first-order valence-corrected chi connectivity index (χ1v) is 8.81. The Morgan fingerprint density at radius 3 is 2.38 bits per heavy atom. The molecule has 0 unspecified atom stereocenters. The Morgan fingerprint density at radius 1 is 1.08 bits per heavy atom. The van der Waals surface area contributed by atoms with Crippen molar-refractivity contribution in [1.29, 1.82) is 0 Å². The summed E-state index contributed by atoms with van der Waals surface area (Å²) in [5, 5.41) is 12.1. The van der Waals surface area contributed by atoms with E-state index in [0.29, 0.717) is 6.42 Å². The Balaban J connectivity index is 1.77. The van der Waals surface area contributed by atoms with E-state index in [4.69, 9.17) is 9.84 Å². The molecular formula is C21H23NO4. The number of benzene rings is 2. The van der Waals surface area contributed by atoms with Crippen molar-refractivity contribution in [2.45, 2.75) is 44.4 Å². The van der Waals surface area contributed by atoms with Crippen LogP contribution in [0, 0.1) is 0 Å². The minimum absolute atomic E-state index is 0.00727. The summed E-state index contributed by atoms with van der Waals surface area (Å²) in [7, 11) is 0. The Bertz CT molecular complexity index is 757. The molecule has 2 aromatic carbocycles. The van der Waals surface area contributed by atoms with E-state index in [1.165, 1.54) is 12.5 Å². The molecular weight excluding hydrogens is 330 g/mol. The second kappa shape index (κ2) is 8.15. The number of hydrogen-bond donors (Lipinski definition) is 2. The van der Waals surface area contributed by atoms with Crippen LogP contribution in [0.2, 0.25) is 0 Å². The topological polar surface area (TPSA) is 75.6 Å². The number of hydrogen-bond acceptors (Lipinski definition) is 3. The second-order valence-electron chi connectivity index (χ2n) is 6.73. The molecule has 2 N–H and O–H groups in total. The maximum absolute atomic E-state index is 11.5. The van der Waals surface area contributed by atoms with E-state index in [9.17, 15) is 9.59 Å². The molecule has 1 aliphatic rings. The molecule has 1 heterocycles. The van der Waals surface area contributed by atoms with Crippen molar-refractivity contribution in [2.24, 2.45) is 0 Å². The minimum atomic E-state index is -0.945. The smallest absolute Gasteiger partial charge is 0.335 e. The van der Waals surface area contributed by atoms with E-state index in [0.717, 1.165) is 18.4 Å². The average Bonchev–Trinajstić information content (AvgIpc) is 2.62. The van der Waals surface area contributed by atoms with Gasteiger partial charge in [0.25, 0.3) is 0 Å². The Kier molecular flexibility index (Phi) is 5.68. The molecule has 0 spiro atoms. The van der Waals surface area contributed by atoms with Crippen LogP contribution in [-0.4, -0.2) is 29.1 Å². The van der Waals surface area contributed by atoms with Crippen LogP contribution in [0.3, 0.4) is 0 Å². The number of rotatable bonds is 5. The quantitative estimate of drug-likeness (QED) is 0.864. The van der Waals surface area contributed by atoms with Gasteiger partial charge in [0.05, 0.1) is 17.8 Å². The number of carboxylic acids is 1. The predicted molar refractivity (Wildman–Crippen MR) is 98.0 cm³/mol. The van der Waals surface area contributed by atoms with E-state index in [-0.39, 0.29) is 29.7 Å². The summed E-state index contributed by atoms with van der Waals surface area (Å²) >= 11 is 0. The van der Waals surface area contributed by atoms with Gasteiger partial charge in [-0.25, -0.2) is 4.79 Å². The molecule has 0 aromatic heterocycles. The SMILES string of the molecule is CC(=O)N[C@H]1C[C@@H](Cc2ccccc2)O[C@@H](c2ccc(C(=O)O)cc2)C1. The zero-order chi connectivity index (χ0) is 18.5. The van der Waals surface area contributed by atoms with Gasteiger partial charge in [0, 0.05) is 13.0 Å². The molecule has 1 fully saturated rings. The van der Waals surface area contributed by atoms with Crippen molar-refractivity contribution in [3.63, 3.8) is 0 Å². The molecule has 1 amide bonds. The summed E-state index contributed by atoms with van der Waals surface area (Å²) in [6.07, 6.45) is 2.04. The van der Waals surface area contributed by atoms with Crippen molar-refractivity contribution in [2.75, 3.05) is 0 Å². The highest BCUT2D eigenvalue weighted by atomic mass is 16.5. The molecule has 5 heteroatoms. The van der Waals surface area contributed by atoms with E-state index >= 15 is 0 Å². The fourth-order valence-corrected chi connectivity index (χ4v) is 3.48. The molecule has 5 nitrogen and oxygen atoms in total. The van der Waals surface area contributed by atoms with Crippen molar-refractivity contribution in [1.82, 2.24) is 5.32 Å². The standard InChI is InChI=1S/C21H23NO4/c1-14(23)22-18-12-19(11-15-5-3-2-4-6-15)26-20(13-18)16-7-9-17(10-8-16)21(24)25/h2-10,18-20H,11-13H2,1H3,(H,22,23)(H,24,25)/t18-,19+,20+/m0/s1. The van der Waals surface area contributed by atoms with E-state index in [2.05, 4.69) is 17.4 Å². The largest absolute Gasteiger partial charge is 0.478 e. The number of amides is 1. The molecule has 1 saturated heterocycles. The highest BCUT2D eigenvalue weighted by Gasteiger charge is 2.31. The molecule has 136 valence electrons. The Labute approximate surface area is 153 Å². The number of carboxylic acid groups (broad SMARTS) is 1. The van der Waals surface area contributed by atoms with Gasteiger partial charge >= 0.3 is 5.97 Å². The number of carbonyl (C=O) groups is 2. The lowest BCUT2D eigenvalue weighted by Gasteiger charge is -2.36. The van der Waals surface area contributed by atoms with E-state index in [1.54, 1.807) is 24.3 Å². The molecule has 3 atom stereocenters. The van der Waals surface area contributed by atoms with E-state index in [1.807, 2.05) is 18.2 Å². The second-order valence-corrected chi connectivity index (χ2v) is 6.73. The number of aromatic carboxylic acids is 1. The fourth-order valence-electron chi connectivity index (χ4n) is 3.48. The van der Waals surface area contributed by atoms with Crippen LogP contribution in [0.25, 0.3) is 0 Å². The maximum atomic E-state index is 11.5. The van der Waals surface area contributed by atoms with Crippen LogP contribution in [0.4, 0.5) is 0 Å². The van der Waals surface area contributed by atoms with Crippen LogP contribution in [0.5, 0.6) is 0 Å². The van der Waals surface area contributed by atoms with Gasteiger partial charge < -0.3 is 15.2 Å². The summed E-state index contributed by atoms with van der Waals surface area (Å²) in [4.78, 5) is 22.6. The fraction of sp³-hybridized carbons (Fsp3) is 0.333. The van der Waals surface area contributed by atoms with Gasteiger partial charge in [0.2, 0.25) is 5.91 Å². The average molecular weight is 353 g/mol. The monoisotopic (exact) mass is 353 g/mol. The predicted octanol–water partition coefficient (Wildman–Crippen LogP) is 3.35. The van der Waals surface area contributed by atoms with Gasteiger partial charge in [0.15, 0.2) is 0 Å². The first-order chi connectivity index (χ1) is 12.5. The zero-order valence-corrected chi connectivity index (χ0v) is 14.7. The molecule has 3 rings (SSSR count). The molecule has 0 radical (unpaired) electrons. The first kappa shape index (κ1) is 18.1. The number of carbonyl (C=O) groups excluding carboxylic acids is 1. The lowest BCUT2D eigenvalue weighted by atomic mass is 9.91. The third-order valence-electron chi connectivity index (χ3n) is 4.65. The summed E-state index contributed by atoms with van der Waals surface area (Å²) in [5.74, 6) is -0.991. The van der Waals surface area contributed by atoms with Gasteiger partial charge in [-0.3, -0.25) is 4.79 Å². The highest BCUT2D eigenvalue weighted by molar-refractivity contribution is 5.87. The van der Waals surface area contributed by atoms with Gasteiger partial charge in [-0.15, -0.1) is 0 Å². The minimum Gasteiger partial charge on any atom is -0.478 e.